The molecule has 1 unspecified atom stereocenters. The highest BCUT2D eigenvalue weighted by molar-refractivity contribution is 7.21. The number of carbonyl (C=O) groups excluding carboxylic acids is 1. The van der Waals surface area contributed by atoms with Crippen molar-refractivity contribution in [1.29, 1.82) is 0 Å². The lowest BCUT2D eigenvalue weighted by Gasteiger charge is -2.15. The average molecular weight is 441 g/mol. The predicted molar refractivity (Wildman–Crippen MR) is 113 cm³/mol. The first kappa shape index (κ1) is 20.8. The van der Waals surface area contributed by atoms with Crippen molar-refractivity contribution in [1.82, 2.24) is 4.98 Å². The molecule has 0 amide bonds. The summed E-state index contributed by atoms with van der Waals surface area (Å²) in [4.78, 5) is 28.9. The number of carbonyl (C=O) groups is 1. The van der Waals surface area contributed by atoms with Crippen molar-refractivity contribution in [3.8, 4) is 16.5 Å². The Hall–Kier alpha value is -3.43. The Balaban J connectivity index is 1.77. The normalized spacial score (nSPS) is 12.2. The van der Waals surface area contributed by atoms with Gasteiger partial charge in [0.25, 0.3) is 0 Å². The van der Waals surface area contributed by atoms with Gasteiger partial charge in [0.05, 0.1) is 29.2 Å². The van der Waals surface area contributed by atoms with E-state index in [0.717, 1.165) is 16.3 Å². The van der Waals surface area contributed by atoms with Crippen LogP contribution in [0.5, 0.6) is 5.75 Å². The summed E-state index contributed by atoms with van der Waals surface area (Å²) in [6, 6.07) is 12.0. The molecule has 0 saturated heterocycles. The minimum atomic E-state index is -0.929. The molecule has 0 spiro atoms. The second kappa shape index (κ2) is 8.75. The fourth-order valence-electron chi connectivity index (χ4n) is 3.21. The van der Waals surface area contributed by atoms with Gasteiger partial charge in [-0.05, 0) is 31.2 Å². The van der Waals surface area contributed by atoms with E-state index in [-0.39, 0.29) is 30.3 Å². The lowest BCUT2D eigenvalue weighted by Crippen LogP contribution is -2.14. The van der Waals surface area contributed by atoms with Crippen LogP contribution in [-0.4, -0.2) is 27.8 Å². The topological polar surface area (TPSA) is 123 Å². The SMILES string of the molecule is CCOC(=O)CC(c1ccc(-c2nc3ccccc3s2)o1)c1oc(CO)cc(=O)c1O. The number of aliphatic hydroxyl groups is 1. The molecular formula is C22H19NO7S. The van der Waals surface area contributed by atoms with Crippen LogP contribution < -0.4 is 5.43 Å². The van der Waals surface area contributed by atoms with Crippen molar-refractivity contribution < 1.29 is 28.6 Å². The molecule has 4 rings (SSSR count). The molecule has 1 aromatic carbocycles. The maximum atomic E-state index is 12.2. The van der Waals surface area contributed by atoms with Crippen LogP contribution in [0.15, 0.2) is 56.1 Å². The number of aromatic hydroxyl groups is 1. The number of esters is 1. The largest absolute Gasteiger partial charge is 0.502 e. The van der Waals surface area contributed by atoms with Crippen molar-refractivity contribution in [2.24, 2.45) is 0 Å². The maximum Gasteiger partial charge on any atom is 0.306 e. The predicted octanol–water partition coefficient (Wildman–Crippen LogP) is 3.79. The van der Waals surface area contributed by atoms with Gasteiger partial charge in [0.2, 0.25) is 11.2 Å². The highest BCUT2D eigenvalue weighted by atomic mass is 32.1. The van der Waals surface area contributed by atoms with E-state index in [0.29, 0.717) is 10.8 Å². The van der Waals surface area contributed by atoms with Crippen LogP contribution in [0, 0.1) is 0 Å². The van der Waals surface area contributed by atoms with E-state index >= 15 is 0 Å². The summed E-state index contributed by atoms with van der Waals surface area (Å²) in [7, 11) is 0. The lowest BCUT2D eigenvalue weighted by atomic mass is 9.98. The second-order valence-electron chi connectivity index (χ2n) is 6.70. The van der Waals surface area contributed by atoms with Crippen LogP contribution in [0.3, 0.4) is 0 Å². The molecule has 0 aliphatic carbocycles. The summed E-state index contributed by atoms with van der Waals surface area (Å²) >= 11 is 1.45. The fraction of sp³-hybridized carbons (Fsp3) is 0.227. The Bertz CT molecular complexity index is 1250. The fourth-order valence-corrected chi connectivity index (χ4v) is 4.14. The minimum absolute atomic E-state index is 0.0374. The van der Waals surface area contributed by atoms with Crippen LogP contribution in [0.4, 0.5) is 0 Å². The molecular weight excluding hydrogens is 422 g/mol. The van der Waals surface area contributed by atoms with Crippen molar-refractivity contribution >= 4 is 27.5 Å². The zero-order valence-corrected chi connectivity index (χ0v) is 17.3. The third-order valence-electron chi connectivity index (χ3n) is 4.62. The van der Waals surface area contributed by atoms with Gasteiger partial charge >= 0.3 is 5.97 Å². The van der Waals surface area contributed by atoms with E-state index in [1.807, 2.05) is 24.3 Å². The molecule has 0 bridgehead atoms. The molecule has 8 nitrogen and oxygen atoms in total. The number of thiazole rings is 1. The molecule has 160 valence electrons. The molecule has 0 fully saturated rings. The Kier molecular flexibility index (Phi) is 5.88. The van der Waals surface area contributed by atoms with Gasteiger partial charge in [-0.1, -0.05) is 12.1 Å². The van der Waals surface area contributed by atoms with Gasteiger partial charge < -0.3 is 23.8 Å². The van der Waals surface area contributed by atoms with Crippen molar-refractivity contribution in [3.63, 3.8) is 0 Å². The third kappa shape index (κ3) is 4.23. The lowest BCUT2D eigenvalue weighted by molar-refractivity contribution is -0.143. The van der Waals surface area contributed by atoms with Gasteiger partial charge in [0.1, 0.15) is 18.1 Å². The summed E-state index contributed by atoms with van der Waals surface area (Å²) in [6.45, 7) is 1.31. The van der Waals surface area contributed by atoms with Crippen molar-refractivity contribution in [2.75, 3.05) is 6.61 Å². The summed E-state index contributed by atoms with van der Waals surface area (Å²) in [5.41, 5.74) is 0.111. The number of ether oxygens (including phenoxy) is 1. The summed E-state index contributed by atoms with van der Waals surface area (Å²) in [6.07, 6.45) is -0.230. The van der Waals surface area contributed by atoms with Crippen LogP contribution >= 0.6 is 11.3 Å². The number of hydrogen-bond donors (Lipinski definition) is 2. The van der Waals surface area contributed by atoms with E-state index in [2.05, 4.69) is 4.98 Å². The van der Waals surface area contributed by atoms with Gasteiger partial charge in [-0.2, -0.15) is 0 Å². The molecule has 0 radical (unpaired) electrons. The molecule has 3 heterocycles. The standard InChI is InChI=1S/C22H19NO7S/c1-2-28-19(26)10-13(21-20(27)15(25)9-12(11-24)29-21)16-7-8-17(30-16)22-23-14-5-3-4-6-18(14)31-22/h3-9,13,24,27H,2,10-11H2,1H3. The first-order valence-corrected chi connectivity index (χ1v) is 10.4. The van der Waals surface area contributed by atoms with E-state index in [1.165, 1.54) is 11.3 Å². The number of rotatable bonds is 7. The molecule has 1 atom stereocenters. The van der Waals surface area contributed by atoms with Gasteiger partial charge in [0, 0.05) is 6.07 Å². The van der Waals surface area contributed by atoms with Crippen LogP contribution in [0.2, 0.25) is 0 Å². The van der Waals surface area contributed by atoms with Crippen molar-refractivity contribution in [2.45, 2.75) is 25.9 Å². The monoisotopic (exact) mass is 441 g/mol. The third-order valence-corrected chi connectivity index (χ3v) is 5.67. The number of furan rings is 1. The van der Waals surface area contributed by atoms with E-state index in [1.54, 1.807) is 19.1 Å². The summed E-state index contributed by atoms with van der Waals surface area (Å²) in [5, 5.41) is 20.4. The van der Waals surface area contributed by atoms with Crippen LogP contribution in [0.1, 0.15) is 36.5 Å². The minimum Gasteiger partial charge on any atom is -0.502 e. The second-order valence-corrected chi connectivity index (χ2v) is 7.73. The highest BCUT2D eigenvalue weighted by Gasteiger charge is 2.29. The molecule has 31 heavy (non-hydrogen) atoms. The number of fused-ring (bicyclic) bond motifs is 1. The zero-order chi connectivity index (χ0) is 22.0. The van der Waals surface area contributed by atoms with Gasteiger partial charge in [0.15, 0.2) is 16.5 Å². The van der Waals surface area contributed by atoms with E-state index in [9.17, 15) is 19.8 Å². The van der Waals surface area contributed by atoms with E-state index < -0.39 is 29.7 Å². The first-order chi connectivity index (χ1) is 15.0. The number of aliphatic hydroxyl groups excluding tert-OH is 1. The highest BCUT2D eigenvalue weighted by Crippen LogP contribution is 2.38. The van der Waals surface area contributed by atoms with Crippen molar-refractivity contribution in [3.05, 3.63) is 70.0 Å². The Morgan fingerprint density at radius 3 is 2.77 bits per heavy atom. The first-order valence-electron chi connectivity index (χ1n) is 9.58. The number of benzene rings is 1. The Morgan fingerprint density at radius 1 is 1.23 bits per heavy atom. The number of aromatic nitrogens is 1. The summed E-state index contributed by atoms with van der Waals surface area (Å²) < 4.78 is 17.5. The molecule has 4 aromatic rings. The average Bonchev–Trinajstić information content (AvgIpc) is 3.41. The smallest absolute Gasteiger partial charge is 0.306 e. The Labute approximate surface area is 180 Å². The van der Waals surface area contributed by atoms with Crippen LogP contribution in [0.25, 0.3) is 21.0 Å². The van der Waals surface area contributed by atoms with Gasteiger partial charge in [-0.3, -0.25) is 9.59 Å². The number of para-hydroxylation sites is 1. The number of hydrogen-bond acceptors (Lipinski definition) is 9. The Morgan fingerprint density at radius 2 is 2.03 bits per heavy atom. The summed E-state index contributed by atoms with van der Waals surface area (Å²) in [5.74, 6) is -1.58. The van der Waals surface area contributed by atoms with E-state index in [4.69, 9.17) is 13.6 Å². The maximum absolute atomic E-state index is 12.2. The van der Waals surface area contributed by atoms with Gasteiger partial charge in [-0.25, -0.2) is 4.98 Å². The molecule has 0 aliphatic heterocycles. The number of nitrogens with zero attached hydrogens (tertiary/aromatic N) is 1. The zero-order valence-electron chi connectivity index (χ0n) is 16.5. The van der Waals surface area contributed by atoms with Gasteiger partial charge in [-0.15, -0.1) is 11.3 Å². The molecule has 2 N–H and O–H groups in total. The quantitative estimate of drug-likeness (QED) is 0.415. The van der Waals surface area contributed by atoms with Crippen LogP contribution in [-0.2, 0) is 16.1 Å². The molecule has 3 aromatic heterocycles. The molecule has 0 saturated carbocycles. The molecule has 9 heteroatoms. The molecule has 0 aliphatic rings.